The second-order valence-corrected chi connectivity index (χ2v) is 5.98. The first-order chi connectivity index (χ1) is 10.1. The van der Waals surface area contributed by atoms with E-state index in [1.165, 1.54) is 5.56 Å². The second kappa shape index (κ2) is 7.46. The van der Waals surface area contributed by atoms with Crippen LogP contribution in [0.1, 0.15) is 31.2 Å². The molecule has 2 rings (SSSR count). The summed E-state index contributed by atoms with van der Waals surface area (Å²) in [5.41, 5.74) is 7.16. The number of carbonyl (C=O) groups excluding carboxylic acids is 1. The molecule has 0 spiro atoms. The Hall–Kier alpha value is -1.55. The lowest BCUT2D eigenvalue weighted by atomic mass is 10.1. The predicted octanol–water partition coefficient (Wildman–Crippen LogP) is 2.21. The van der Waals surface area contributed by atoms with Crippen LogP contribution in [0.4, 0.5) is 0 Å². The molecule has 0 heterocycles. The maximum atomic E-state index is 12.3. The molecule has 0 radical (unpaired) electrons. The summed E-state index contributed by atoms with van der Waals surface area (Å²) in [6.45, 7) is 0.802. The summed E-state index contributed by atoms with van der Waals surface area (Å²) in [6.07, 6.45) is 4.74. The van der Waals surface area contributed by atoms with Gasteiger partial charge in [-0.25, -0.2) is 0 Å². The fourth-order valence-electron chi connectivity index (χ4n) is 2.98. The van der Waals surface area contributed by atoms with Crippen molar-refractivity contribution in [2.75, 3.05) is 20.7 Å². The molecule has 0 aliphatic heterocycles. The van der Waals surface area contributed by atoms with Gasteiger partial charge in [-0.15, -0.1) is 0 Å². The molecule has 1 amide bonds. The standard InChI is InChI=1S/C17H26N2O2/c1-19(17(20)14-7-8-15(18)12-14)11-3-4-13-5-9-16(21-2)10-6-13/h5-6,9-10,14-15H,3-4,7-8,11-12,18H2,1-2H3. The summed E-state index contributed by atoms with van der Waals surface area (Å²) in [7, 11) is 3.57. The quantitative estimate of drug-likeness (QED) is 0.874. The van der Waals surface area contributed by atoms with Gasteiger partial charge < -0.3 is 15.4 Å². The Kier molecular flexibility index (Phi) is 5.62. The Morgan fingerprint density at radius 3 is 2.62 bits per heavy atom. The molecule has 1 fully saturated rings. The molecule has 0 bridgehead atoms. The maximum Gasteiger partial charge on any atom is 0.225 e. The average molecular weight is 290 g/mol. The maximum absolute atomic E-state index is 12.3. The van der Waals surface area contributed by atoms with Crippen molar-refractivity contribution < 1.29 is 9.53 Å². The van der Waals surface area contributed by atoms with E-state index in [0.717, 1.165) is 44.4 Å². The van der Waals surface area contributed by atoms with E-state index in [2.05, 4.69) is 12.1 Å². The molecule has 1 aromatic rings. The minimum absolute atomic E-state index is 0.144. The second-order valence-electron chi connectivity index (χ2n) is 5.98. The molecular weight excluding hydrogens is 264 g/mol. The highest BCUT2D eigenvalue weighted by Crippen LogP contribution is 2.25. The first kappa shape index (κ1) is 15.8. The van der Waals surface area contributed by atoms with Gasteiger partial charge in [0.15, 0.2) is 0 Å². The molecule has 2 unspecified atom stereocenters. The first-order valence-corrected chi connectivity index (χ1v) is 7.73. The molecule has 4 nitrogen and oxygen atoms in total. The minimum Gasteiger partial charge on any atom is -0.497 e. The molecule has 0 saturated heterocycles. The van der Waals surface area contributed by atoms with Crippen molar-refractivity contribution in [3.8, 4) is 5.75 Å². The molecule has 4 heteroatoms. The number of nitrogens with zero attached hydrogens (tertiary/aromatic N) is 1. The Balaban J connectivity index is 1.73. The van der Waals surface area contributed by atoms with E-state index in [9.17, 15) is 4.79 Å². The topological polar surface area (TPSA) is 55.6 Å². The van der Waals surface area contributed by atoms with Crippen LogP contribution < -0.4 is 10.5 Å². The first-order valence-electron chi connectivity index (χ1n) is 7.73. The SMILES string of the molecule is COc1ccc(CCCN(C)C(=O)C2CCC(N)C2)cc1. The normalized spacial score (nSPS) is 21.3. The van der Waals surface area contributed by atoms with Gasteiger partial charge in [0.05, 0.1) is 7.11 Å². The number of ether oxygens (including phenoxy) is 1. The van der Waals surface area contributed by atoms with Crippen LogP contribution in [-0.4, -0.2) is 37.6 Å². The average Bonchev–Trinajstić information content (AvgIpc) is 2.93. The number of nitrogens with two attached hydrogens (primary N) is 1. The van der Waals surface area contributed by atoms with Gasteiger partial charge in [0.1, 0.15) is 5.75 Å². The van der Waals surface area contributed by atoms with Crippen molar-refractivity contribution in [2.45, 2.75) is 38.1 Å². The van der Waals surface area contributed by atoms with Crippen LogP contribution in [0.5, 0.6) is 5.75 Å². The predicted molar refractivity (Wildman–Crippen MR) is 84.3 cm³/mol. The third kappa shape index (κ3) is 4.46. The molecule has 2 atom stereocenters. The van der Waals surface area contributed by atoms with E-state index >= 15 is 0 Å². The highest BCUT2D eigenvalue weighted by molar-refractivity contribution is 5.78. The molecule has 1 saturated carbocycles. The summed E-state index contributed by atoms with van der Waals surface area (Å²) in [6, 6.07) is 8.33. The minimum atomic E-state index is 0.144. The number of carbonyl (C=O) groups is 1. The Morgan fingerprint density at radius 1 is 1.33 bits per heavy atom. The zero-order chi connectivity index (χ0) is 15.2. The van der Waals surface area contributed by atoms with Crippen molar-refractivity contribution in [1.82, 2.24) is 4.90 Å². The van der Waals surface area contributed by atoms with Crippen LogP contribution >= 0.6 is 0 Å². The molecule has 116 valence electrons. The Labute approximate surface area is 127 Å². The van der Waals surface area contributed by atoms with E-state index in [4.69, 9.17) is 10.5 Å². The molecule has 2 N–H and O–H groups in total. The number of methoxy groups -OCH3 is 1. The van der Waals surface area contributed by atoms with Gasteiger partial charge in [-0.1, -0.05) is 12.1 Å². The number of hydrogen-bond donors (Lipinski definition) is 1. The summed E-state index contributed by atoms with van der Waals surface area (Å²) in [4.78, 5) is 14.1. The van der Waals surface area contributed by atoms with Gasteiger partial charge in [0, 0.05) is 25.6 Å². The van der Waals surface area contributed by atoms with Gasteiger partial charge in [-0.05, 0) is 49.8 Å². The smallest absolute Gasteiger partial charge is 0.225 e. The molecule has 1 aliphatic rings. The lowest BCUT2D eigenvalue weighted by molar-refractivity contribution is -0.134. The number of aryl methyl sites for hydroxylation is 1. The summed E-state index contributed by atoms with van der Waals surface area (Å²) in [5.74, 6) is 1.28. The van der Waals surface area contributed by atoms with Crippen LogP contribution in [0, 0.1) is 5.92 Å². The fraction of sp³-hybridized carbons (Fsp3) is 0.588. The summed E-state index contributed by atoms with van der Waals surface area (Å²) in [5, 5.41) is 0. The van der Waals surface area contributed by atoms with Crippen LogP contribution in [0.25, 0.3) is 0 Å². The number of hydrogen-bond acceptors (Lipinski definition) is 3. The van der Waals surface area contributed by atoms with Crippen LogP contribution in [0.2, 0.25) is 0 Å². The largest absolute Gasteiger partial charge is 0.497 e. The molecule has 1 aliphatic carbocycles. The van der Waals surface area contributed by atoms with E-state index in [-0.39, 0.29) is 17.9 Å². The third-order valence-corrected chi connectivity index (χ3v) is 4.32. The molecular formula is C17H26N2O2. The molecule has 1 aromatic carbocycles. The Bertz CT molecular complexity index is 458. The number of benzene rings is 1. The third-order valence-electron chi connectivity index (χ3n) is 4.32. The van der Waals surface area contributed by atoms with Crippen molar-refractivity contribution in [1.29, 1.82) is 0 Å². The number of rotatable bonds is 6. The van der Waals surface area contributed by atoms with Crippen LogP contribution in [-0.2, 0) is 11.2 Å². The number of amides is 1. The highest BCUT2D eigenvalue weighted by Gasteiger charge is 2.29. The van der Waals surface area contributed by atoms with Gasteiger partial charge in [0.25, 0.3) is 0 Å². The Morgan fingerprint density at radius 2 is 2.05 bits per heavy atom. The van der Waals surface area contributed by atoms with Gasteiger partial charge in [-0.3, -0.25) is 4.79 Å². The van der Waals surface area contributed by atoms with E-state index < -0.39 is 0 Å². The van der Waals surface area contributed by atoms with Crippen molar-refractivity contribution in [3.05, 3.63) is 29.8 Å². The lowest BCUT2D eigenvalue weighted by Crippen LogP contribution is -2.33. The van der Waals surface area contributed by atoms with Crippen molar-refractivity contribution in [3.63, 3.8) is 0 Å². The van der Waals surface area contributed by atoms with E-state index in [1.54, 1.807) is 7.11 Å². The van der Waals surface area contributed by atoms with Crippen LogP contribution in [0.3, 0.4) is 0 Å². The van der Waals surface area contributed by atoms with E-state index in [1.807, 2.05) is 24.1 Å². The zero-order valence-electron chi connectivity index (χ0n) is 13.0. The van der Waals surface area contributed by atoms with Crippen molar-refractivity contribution >= 4 is 5.91 Å². The van der Waals surface area contributed by atoms with Crippen LogP contribution in [0.15, 0.2) is 24.3 Å². The van der Waals surface area contributed by atoms with Gasteiger partial charge >= 0.3 is 0 Å². The molecule has 0 aromatic heterocycles. The van der Waals surface area contributed by atoms with Gasteiger partial charge in [0.2, 0.25) is 5.91 Å². The lowest BCUT2D eigenvalue weighted by Gasteiger charge is -2.21. The summed E-state index contributed by atoms with van der Waals surface area (Å²) >= 11 is 0. The monoisotopic (exact) mass is 290 g/mol. The fourth-order valence-corrected chi connectivity index (χ4v) is 2.98. The molecule has 21 heavy (non-hydrogen) atoms. The zero-order valence-corrected chi connectivity index (χ0v) is 13.0. The van der Waals surface area contributed by atoms with Crippen molar-refractivity contribution in [2.24, 2.45) is 11.7 Å². The van der Waals surface area contributed by atoms with Gasteiger partial charge in [-0.2, -0.15) is 0 Å². The van der Waals surface area contributed by atoms with E-state index in [0.29, 0.717) is 0 Å². The highest BCUT2D eigenvalue weighted by atomic mass is 16.5. The summed E-state index contributed by atoms with van der Waals surface area (Å²) < 4.78 is 5.15.